The number of carbonyl (C=O) groups excluding carboxylic acids is 1. The zero-order chi connectivity index (χ0) is 15.5. The number of aromatic nitrogens is 1. The van der Waals surface area contributed by atoms with Crippen LogP contribution in [0.25, 0.3) is 0 Å². The molecule has 2 heterocycles. The zero-order valence-electron chi connectivity index (χ0n) is 13.3. The van der Waals surface area contributed by atoms with E-state index in [1.54, 1.807) is 18.4 Å². The monoisotopic (exact) mass is 292 g/mol. The van der Waals surface area contributed by atoms with Crippen LogP contribution >= 0.6 is 0 Å². The van der Waals surface area contributed by atoms with Crippen molar-refractivity contribution in [2.24, 2.45) is 5.41 Å². The molecule has 1 aliphatic rings. The van der Waals surface area contributed by atoms with Gasteiger partial charge in [0.1, 0.15) is 0 Å². The van der Waals surface area contributed by atoms with Crippen LogP contribution in [0.15, 0.2) is 18.3 Å². The van der Waals surface area contributed by atoms with E-state index in [0.717, 1.165) is 31.5 Å². The molecule has 2 rings (SSSR count). The van der Waals surface area contributed by atoms with E-state index < -0.39 is 5.41 Å². The molecule has 0 spiro atoms. The van der Waals surface area contributed by atoms with E-state index in [0.29, 0.717) is 11.8 Å². The van der Waals surface area contributed by atoms with Crippen LogP contribution in [0.3, 0.4) is 0 Å². The largest absolute Gasteiger partial charge is 0.481 e. The Bertz CT molecular complexity index is 489. The van der Waals surface area contributed by atoms with Gasteiger partial charge < -0.3 is 9.57 Å². The normalized spacial score (nSPS) is 17.5. The Hall–Kier alpha value is -1.62. The summed E-state index contributed by atoms with van der Waals surface area (Å²) in [6.45, 7) is 7.07. The van der Waals surface area contributed by atoms with Gasteiger partial charge in [0, 0.05) is 24.8 Å². The molecule has 0 amide bonds. The molecular weight excluding hydrogens is 268 g/mol. The Balaban J connectivity index is 1.93. The lowest BCUT2D eigenvalue weighted by molar-refractivity contribution is -0.204. The van der Waals surface area contributed by atoms with Gasteiger partial charge in [-0.25, -0.2) is 9.78 Å². The lowest BCUT2D eigenvalue weighted by Gasteiger charge is -2.32. The van der Waals surface area contributed by atoms with Crippen molar-refractivity contribution in [3.05, 3.63) is 23.9 Å². The predicted molar refractivity (Wildman–Crippen MR) is 79.9 cm³/mol. The molecule has 1 aliphatic heterocycles. The van der Waals surface area contributed by atoms with Gasteiger partial charge >= 0.3 is 5.97 Å². The second-order valence-electron chi connectivity index (χ2n) is 6.43. The number of ether oxygens (including phenoxy) is 1. The van der Waals surface area contributed by atoms with Crippen LogP contribution in [-0.4, -0.2) is 36.2 Å². The minimum atomic E-state index is -0.469. The topological polar surface area (TPSA) is 51.7 Å². The number of rotatable bonds is 3. The number of nitrogens with zero attached hydrogens (tertiary/aromatic N) is 2. The van der Waals surface area contributed by atoms with Gasteiger partial charge in [-0.2, -0.15) is 0 Å². The molecule has 5 heteroatoms. The fourth-order valence-corrected chi connectivity index (χ4v) is 2.40. The van der Waals surface area contributed by atoms with Crippen molar-refractivity contribution in [1.29, 1.82) is 0 Å². The highest BCUT2D eigenvalue weighted by Crippen LogP contribution is 2.33. The molecule has 0 aromatic carbocycles. The van der Waals surface area contributed by atoms with Gasteiger partial charge in [-0.3, -0.25) is 0 Å². The van der Waals surface area contributed by atoms with Crippen LogP contribution in [0.1, 0.15) is 45.1 Å². The highest BCUT2D eigenvalue weighted by Gasteiger charge is 2.29. The Kier molecular flexibility index (Phi) is 4.83. The molecule has 0 N–H and O–H groups in total. The molecule has 5 nitrogen and oxygen atoms in total. The fraction of sp³-hybridized carbons (Fsp3) is 0.625. The van der Waals surface area contributed by atoms with E-state index in [1.807, 2.05) is 26.8 Å². The molecule has 0 unspecified atom stereocenters. The van der Waals surface area contributed by atoms with E-state index in [-0.39, 0.29) is 5.97 Å². The number of hydrogen-bond donors (Lipinski definition) is 0. The molecule has 21 heavy (non-hydrogen) atoms. The number of piperidine rings is 1. The Labute approximate surface area is 126 Å². The Morgan fingerprint density at radius 3 is 2.57 bits per heavy atom. The summed E-state index contributed by atoms with van der Waals surface area (Å²) in [7, 11) is 1.64. The first-order valence-electron chi connectivity index (χ1n) is 7.38. The summed E-state index contributed by atoms with van der Waals surface area (Å²) in [5.41, 5.74) is 0.672. The van der Waals surface area contributed by atoms with Crippen LogP contribution in [0.4, 0.5) is 0 Å². The summed E-state index contributed by atoms with van der Waals surface area (Å²) >= 11 is 0. The molecule has 0 atom stereocenters. The maximum Gasteiger partial charge on any atom is 0.330 e. The Morgan fingerprint density at radius 1 is 1.33 bits per heavy atom. The van der Waals surface area contributed by atoms with Crippen molar-refractivity contribution in [2.45, 2.75) is 39.5 Å². The number of carbonyl (C=O) groups is 1. The molecule has 1 aromatic rings. The molecule has 0 bridgehead atoms. The predicted octanol–water partition coefficient (Wildman–Crippen LogP) is 2.77. The van der Waals surface area contributed by atoms with Crippen molar-refractivity contribution in [3.8, 4) is 5.88 Å². The highest BCUT2D eigenvalue weighted by atomic mass is 16.7. The average molecular weight is 292 g/mol. The van der Waals surface area contributed by atoms with Crippen LogP contribution in [0.5, 0.6) is 5.88 Å². The van der Waals surface area contributed by atoms with Crippen molar-refractivity contribution in [2.75, 3.05) is 20.2 Å². The summed E-state index contributed by atoms with van der Waals surface area (Å²) in [5, 5.41) is 1.77. The van der Waals surface area contributed by atoms with E-state index in [4.69, 9.17) is 9.57 Å². The fourth-order valence-electron chi connectivity index (χ4n) is 2.40. The highest BCUT2D eigenvalue weighted by molar-refractivity contribution is 5.75. The molecule has 0 aliphatic carbocycles. The van der Waals surface area contributed by atoms with Gasteiger partial charge in [0.25, 0.3) is 0 Å². The molecule has 1 fully saturated rings. The lowest BCUT2D eigenvalue weighted by atomic mass is 9.91. The van der Waals surface area contributed by atoms with E-state index in [1.165, 1.54) is 0 Å². The molecule has 0 saturated carbocycles. The second kappa shape index (κ2) is 6.43. The summed E-state index contributed by atoms with van der Waals surface area (Å²) in [5.74, 6) is 0.917. The molecule has 116 valence electrons. The van der Waals surface area contributed by atoms with Crippen molar-refractivity contribution < 1.29 is 14.4 Å². The van der Waals surface area contributed by atoms with Gasteiger partial charge in [-0.1, -0.05) is 6.07 Å². The minimum absolute atomic E-state index is 0.181. The number of pyridine rings is 1. The van der Waals surface area contributed by atoms with Gasteiger partial charge in [0.05, 0.1) is 12.5 Å². The van der Waals surface area contributed by atoms with Crippen molar-refractivity contribution in [3.63, 3.8) is 0 Å². The Morgan fingerprint density at radius 2 is 2.00 bits per heavy atom. The standard InChI is InChI=1S/C16H24N2O3/c1-16(2,3)15(19)21-18-10-7-12(8-11-18)13-6-5-9-17-14(13)20-4/h5-6,9,12H,7-8,10-11H2,1-4H3. The minimum Gasteiger partial charge on any atom is -0.481 e. The van der Waals surface area contributed by atoms with Crippen LogP contribution in [-0.2, 0) is 9.63 Å². The second-order valence-corrected chi connectivity index (χ2v) is 6.43. The molecule has 1 saturated heterocycles. The smallest absolute Gasteiger partial charge is 0.330 e. The third-order valence-electron chi connectivity index (χ3n) is 3.71. The van der Waals surface area contributed by atoms with E-state index >= 15 is 0 Å². The first-order valence-corrected chi connectivity index (χ1v) is 7.38. The third-order valence-corrected chi connectivity index (χ3v) is 3.71. The van der Waals surface area contributed by atoms with Crippen LogP contribution in [0.2, 0.25) is 0 Å². The van der Waals surface area contributed by atoms with Gasteiger partial charge in [-0.15, -0.1) is 5.06 Å². The van der Waals surface area contributed by atoms with E-state index in [9.17, 15) is 4.79 Å². The molecule has 1 aromatic heterocycles. The quantitative estimate of drug-likeness (QED) is 0.857. The summed E-state index contributed by atoms with van der Waals surface area (Å²) in [6, 6.07) is 4.00. The van der Waals surface area contributed by atoms with Crippen molar-refractivity contribution >= 4 is 5.97 Å². The first-order chi connectivity index (χ1) is 9.91. The third kappa shape index (κ3) is 3.94. The summed E-state index contributed by atoms with van der Waals surface area (Å²) in [6.07, 6.45) is 3.60. The number of methoxy groups -OCH3 is 1. The maximum absolute atomic E-state index is 11.9. The molecule has 0 radical (unpaired) electrons. The van der Waals surface area contributed by atoms with Crippen LogP contribution in [0, 0.1) is 5.41 Å². The summed E-state index contributed by atoms with van der Waals surface area (Å²) in [4.78, 5) is 21.6. The van der Waals surface area contributed by atoms with Gasteiger partial charge in [0.15, 0.2) is 0 Å². The van der Waals surface area contributed by atoms with Gasteiger partial charge in [0.2, 0.25) is 5.88 Å². The van der Waals surface area contributed by atoms with Crippen molar-refractivity contribution in [1.82, 2.24) is 10.0 Å². The maximum atomic E-state index is 11.9. The van der Waals surface area contributed by atoms with Crippen LogP contribution < -0.4 is 4.74 Å². The first kappa shape index (κ1) is 15.8. The average Bonchev–Trinajstić information content (AvgIpc) is 2.47. The van der Waals surface area contributed by atoms with E-state index in [2.05, 4.69) is 11.1 Å². The number of hydrogen-bond acceptors (Lipinski definition) is 5. The van der Waals surface area contributed by atoms with Gasteiger partial charge in [-0.05, 0) is 45.6 Å². The summed E-state index contributed by atoms with van der Waals surface area (Å²) < 4.78 is 5.32. The lowest BCUT2D eigenvalue weighted by Crippen LogP contribution is -2.38. The zero-order valence-corrected chi connectivity index (χ0v) is 13.3. The SMILES string of the molecule is COc1ncccc1C1CCN(OC(=O)C(C)(C)C)CC1. The number of hydroxylamine groups is 2. The molecular formula is C16H24N2O3.